The normalized spacial score (nSPS) is 10.5. The van der Waals surface area contributed by atoms with E-state index < -0.39 is 0 Å². The molecule has 0 aliphatic rings. The zero-order chi connectivity index (χ0) is 13.9. The molecule has 0 amide bonds. The van der Waals surface area contributed by atoms with Gasteiger partial charge in [0.05, 0.1) is 18.0 Å². The van der Waals surface area contributed by atoms with Gasteiger partial charge in [0.2, 0.25) is 11.2 Å². The fourth-order valence-electron chi connectivity index (χ4n) is 1.85. The van der Waals surface area contributed by atoms with E-state index in [9.17, 15) is 0 Å². The van der Waals surface area contributed by atoms with E-state index in [2.05, 4.69) is 9.97 Å². The van der Waals surface area contributed by atoms with Crippen molar-refractivity contribution in [2.75, 3.05) is 7.11 Å². The first-order valence-electron chi connectivity index (χ1n) is 6.00. The molecular weight excluding hydrogens is 276 g/mol. The van der Waals surface area contributed by atoms with Crippen molar-refractivity contribution >= 4 is 22.5 Å². The summed E-state index contributed by atoms with van der Waals surface area (Å²) in [6.45, 7) is 0. The van der Waals surface area contributed by atoms with Gasteiger partial charge in [-0.05, 0) is 48.0 Å². The second kappa shape index (κ2) is 5.35. The second-order valence-electron chi connectivity index (χ2n) is 4.09. The maximum atomic E-state index is 5.92. The van der Waals surface area contributed by atoms with Crippen LogP contribution in [-0.2, 0) is 0 Å². The SMILES string of the molecule is COc1ccc(Oc2nc(Cl)nc3ccccc23)cc1. The lowest BCUT2D eigenvalue weighted by atomic mass is 10.2. The molecule has 0 aliphatic heterocycles. The Morgan fingerprint density at radius 2 is 1.60 bits per heavy atom. The van der Waals surface area contributed by atoms with Gasteiger partial charge in [0, 0.05) is 0 Å². The van der Waals surface area contributed by atoms with Crippen LogP contribution in [0, 0.1) is 0 Å². The maximum absolute atomic E-state index is 5.92. The summed E-state index contributed by atoms with van der Waals surface area (Å²) in [6, 6.07) is 14.8. The Labute approximate surface area is 121 Å². The average Bonchev–Trinajstić information content (AvgIpc) is 2.48. The fourth-order valence-corrected chi connectivity index (χ4v) is 2.02. The first kappa shape index (κ1) is 12.7. The Kier molecular flexibility index (Phi) is 3.39. The second-order valence-corrected chi connectivity index (χ2v) is 4.43. The molecule has 0 atom stereocenters. The summed E-state index contributed by atoms with van der Waals surface area (Å²) in [5, 5.41) is 0.972. The summed E-state index contributed by atoms with van der Waals surface area (Å²) in [4.78, 5) is 8.30. The molecule has 0 spiro atoms. The van der Waals surface area contributed by atoms with Crippen LogP contribution in [0.1, 0.15) is 0 Å². The van der Waals surface area contributed by atoms with Crippen molar-refractivity contribution in [1.82, 2.24) is 9.97 Å². The number of benzene rings is 2. The molecule has 5 heteroatoms. The molecule has 1 heterocycles. The summed E-state index contributed by atoms with van der Waals surface area (Å²) in [5.41, 5.74) is 0.746. The zero-order valence-corrected chi connectivity index (χ0v) is 11.5. The summed E-state index contributed by atoms with van der Waals surface area (Å²) in [5.74, 6) is 1.86. The Bertz CT molecular complexity index is 744. The topological polar surface area (TPSA) is 44.2 Å². The van der Waals surface area contributed by atoms with E-state index >= 15 is 0 Å². The molecular formula is C15H11ClN2O2. The molecule has 20 heavy (non-hydrogen) atoms. The third kappa shape index (κ3) is 2.51. The molecule has 0 unspecified atom stereocenters. The van der Waals surface area contributed by atoms with Gasteiger partial charge in [-0.25, -0.2) is 4.98 Å². The van der Waals surface area contributed by atoms with Crippen molar-refractivity contribution in [2.45, 2.75) is 0 Å². The van der Waals surface area contributed by atoms with E-state index in [-0.39, 0.29) is 5.28 Å². The van der Waals surface area contributed by atoms with Crippen LogP contribution in [0.3, 0.4) is 0 Å². The smallest absolute Gasteiger partial charge is 0.231 e. The van der Waals surface area contributed by atoms with E-state index in [0.29, 0.717) is 11.6 Å². The highest BCUT2D eigenvalue weighted by atomic mass is 35.5. The highest BCUT2D eigenvalue weighted by Gasteiger charge is 2.08. The lowest BCUT2D eigenvalue weighted by Gasteiger charge is -2.08. The number of fused-ring (bicyclic) bond motifs is 1. The molecule has 0 saturated heterocycles. The van der Waals surface area contributed by atoms with Crippen LogP contribution in [0.15, 0.2) is 48.5 Å². The van der Waals surface area contributed by atoms with E-state index in [0.717, 1.165) is 16.7 Å². The van der Waals surface area contributed by atoms with Crippen molar-refractivity contribution in [3.63, 3.8) is 0 Å². The zero-order valence-electron chi connectivity index (χ0n) is 10.7. The number of ether oxygens (including phenoxy) is 2. The van der Waals surface area contributed by atoms with E-state index in [1.54, 1.807) is 7.11 Å². The van der Waals surface area contributed by atoms with Gasteiger partial charge in [0.15, 0.2) is 0 Å². The average molecular weight is 287 g/mol. The monoisotopic (exact) mass is 286 g/mol. The maximum Gasteiger partial charge on any atom is 0.231 e. The molecule has 4 nitrogen and oxygen atoms in total. The number of para-hydroxylation sites is 1. The standard InChI is InChI=1S/C15H11ClN2O2/c1-19-10-6-8-11(9-7-10)20-14-12-4-2-3-5-13(12)17-15(16)18-14/h2-9H,1H3. The molecule has 0 N–H and O–H groups in total. The van der Waals surface area contributed by atoms with Gasteiger partial charge in [-0.3, -0.25) is 0 Å². The molecule has 1 aromatic heterocycles. The number of rotatable bonds is 3. The Balaban J connectivity index is 2.01. The first-order valence-corrected chi connectivity index (χ1v) is 6.38. The van der Waals surface area contributed by atoms with Crippen molar-refractivity contribution in [2.24, 2.45) is 0 Å². The van der Waals surface area contributed by atoms with Crippen molar-refractivity contribution < 1.29 is 9.47 Å². The number of halogens is 1. The highest BCUT2D eigenvalue weighted by Crippen LogP contribution is 2.29. The van der Waals surface area contributed by atoms with Crippen LogP contribution in [-0.4, -0.2) is 17.1 Å². The largest absolute Gasteiger partial charge is 0.497 e. The first-order chi connectivity index (χ1) is 9.76. The van der Waals surface area contributed by atoms with Crippen LogP contribution in [0.4, 0.5) is 0 Å². The number of hydrogen-bond acceptors (Lipinski definition) is 4. The minimum Gasteiger partial charge on any atom is -0.497 e. The molecule has 2 aromatic carbocycles. The van der Waals surface area contributed by atoms with Gasteiger partial charge in [-0.1, -0.05) is 12.1 Å². The summed E-state index contributed by atoms with van der Waals surface area (Å²) in [6.07, 6.45) is 0. The quantitative estimate of drug-likeness (QED) is 0.680. The molecule has 0 bridgehead atoms. The number of hydrogen-bond donors (Lipinski definition) is 0. The van der Waals surface area contributed by atoms with E-state index in [1.165, 1.54) is 0 Å². The van der Waals surface area contributed by atoms with Crippen LogP contribution in [0.2, 0.25) is 5.28 Å². The summed E-state index contributed by atoms with van der Waals surface area (Å²) in [7, 11) is 1.62. The predicted molar refractivity (Wildman–Crippen MR) is 77.6 cm³/mol. The van der Waals surface area contributed by atoms with Gasteiger partial charge >= 0.3 is 0 Å². The molecule has 3 aromatic rings. The Hall–Kier alpha value is -2.33. The van der Waals surface area contributed by atoms with E-state index in [4.69, 9.17) is 21.1 Å². The molecule has 3 rings (SSSR count). The minimum absolute atomic E-state index is 0.159. The highest BCUT2D eigenvalue weighted by molar-refractivity contribution is 6.28. The number of aromatic nitrogens is 2. The van der Waals surface area contributed by atoms with Crippen LogP contribution in [0.25, 0.3) is 10.9 Å². The minimum atomic E-state index is 0.159. The van der Waals surface area contributed by atoms with Crippen molar-refractivity contribution in [1.29, 1.82) is 0 Å². The third-order valence-electron chi connectivity index (χ3n) is 2.81. The molecule has 0 radical (unpaired) electrons. The lowest BCUT2D eigenvalue weighted by molar-refractivity contribution is 0.412. The van der Waals surface area contributed by atoms with Gasteiger partial charge in [0.1, 0.15) is 11.5 Å². The summed E-state index contributed by atoms with van der Waals surface area (Å²) >= 11 is 5.92. The van der Waals surface area contributed by atoms with Gasteiger partial charge in [-0.2, -0.15) is 4.98 Å². The van der Waals surface area contributed by atoms with Crippen LogP contribution in [0.5, 0.6) is 17.4 Å². The predicted octanol–water partition coefficient (Wildman–Crippen LogP) is 4.08. The molecule has 0 aliphatic carbocycles. The summed E-state index contributed by atoms with van der Waals surface area (Å²) < 4.78 is 10.9. The van der Waals surface area contributed by atoms with Crippen molar-refractivity contribution in [3.8, 4) is 17.4 Å². The number of methoxy groups -OCH3 is 1. The molecule has 0 saturated carbocycles. The fraction of sp³-hybridized carbons (Fsp3) is 0.0667. The van der Waals surface area contributed by atoms with E-state index in [1.807, 2.05) is 48.5 Å². The Morgan fingerprint density at radius 1 is 0.900 bits per heavy atom. The van der Waals surface area contributed by atoms with Crippen LogP contribution < -0.4 is 9.47 Å². The van der Waals surface area contributed by atoms with Gasteiger partial charge in [-0.15, -0.1) is 0 Å². The Morgan fingerprint density at radius 3 is 2.35 bits per heavy atom. The molecule has 100 valence electrons. The number of nitrogens with zero attached hydrogens (tertiary/aromatic N) is 2. The lowest BCUT2D eigenvalue weighted by Crippen LogP contribution is -1.93. The van der Waals surface area contributed by atoms with Gasteiger partial charge < -0.3 is 9.47 Å². The van der Waals surface area contributed by atoms with Gasteiger partial charge in [0.25, 0.3) is 0 Å². The van der Waals surface area contributed by atoms with Crippen LogP contribution >= 0.6 is 11.6 Å². The van der Waals surface area contributed by atoms with Crippen molar-refractivity contribution in [3.05, 3.63) is 53.8 Å². The molecule has 0 fully saturated rings. The third-order valence-corrected chi connectivity index (χ3v) is 2.98.